The molecule has 0 spiro atoms. The quantitative estimate of drug-likeness (QED) is 0.654. The Bertz CT molecular complexity index is 747. The molecule has 0 aliphatic heterocycles. The van der Waals surface area contributed by atoms with Crippen LogP contribution < -0.4 is 0 Å². The van der Waals surface area contributed by atoms with Crippen LogP contribution in [0.4, 0.5) is 0 Å². The lowest BCUT2D eigenvalue weighted by Crippen LogP contribution is -1.85. The Hall–Kier alpha value is -1.71. The van der Waals surface area contributed by atoms with Crippen molar-refractivity contribution >= 4 is 22.9 Å². The van der Waals surface area contributed by atoms with Gasteiger partial charge in [0.05, 0.1) is 5.69 Å². The molecule has 0 atom stereocenters. The smallest absolute Gasteiger partial charge is 0.126 e. The lowest BCUT2D eigenvalue weighted by Gasteiger charge is -2.00. The maximum absolute atomic E-state index is 5.93. The third-order valence-corrected chi connectivity index (χ3v) is 4.44. The van der Waals surface area contributed by atoms with Gasteiger partial charge in [-0.2, -0.15) is 0 Å². The Kier molecular flexibility index (Phi) is 3.55. The minimum atomic E-state index is 0.741. The molecule has 0 aliphatic rings. The van der Waals surface area contributed by atoms with Gasteiger partial charge in [-0.05, 0) is 37.6 Å². The topological polar surface area (TPSA) is 25.8 Å². The van der Waals surface area contributed by atoms with Crippen LogP contribution in [0.15, 0.2) is 42.7 Å². The number of thiazole rings is 1. The summed E-state index contributed by atoms with van der Waals surface area (Å²) in [5.74, 6) is 0. The summed E-state index contributed by atoms with van der Waals surface area (Å²) in [4.78, 5) is 10.2. The summed E-state index contributed by atoms with van der Waals surface area (Å²) in [5.41, 5.74) is 4.40. The number of halogens is 1. The van der Waals surface area contributed by atoms with E-state index < -0.39 is 0 Å². The molecular formula is C16H13ClN2S. The normalized spacial score (nSPS) is 10.8. The van der Waals surface area contributed by atoms with Gasteiger partial charge in [0.25, 0.3) is 0 Å². The molecule has 0 radical (unpaired) electrons. The number of hydrogen-bond donors (Lipinski definition) is 0. The first kappa shape index (κ1) is 13.3. The number of rotatable bonds is 2. The van der Waals surface area contributed by atoms with Crippen LogP contribution in [-0.4, -0.2) is 9.97 Å². The first-order valence-electron chi connectivity index (χ1n) is 6.29. The van der Waals surface area contributed by atoms with E-state index in [1.807, 2.05) is 36.5 Å². The number of aromatic nitrogens is 2. The molecule has 2 heterocycles. The minimum absolute atomic E-state index is 0.741. The number of aryl methyl sites for hydroxylation is 2. The Morgan fingerprint density at radius 1 is 1.05 bits per heavy atom. The fourth-order valence-corrected chi connectivity index (χ4v) is 3.21. The SMILES string of the molecule is Cc1ccncc1-c1nc(-c2ccc(Cl)cc2)c(C)s1. The second kappa shape index (κ2) is 5.35. The van der Waals surface area contributed by atoms with E-state index in [1.54, 1.807) is 17.5 Å². The predicted molar refractivity (Wildman–Crippen MR) is 85.3 cm³/mol. The molecule has 0 bridgehead atoms. The van der Waals surface area contributed by atoms with Gasteiger partial charge in [0.2, 0.25) is 0 Å². The van der Waals surface area contributed by atoms with Crippen molar-refractivity contribution in [2.45, 2.75) is 13.8 Å². The first-order chi connectivity index (χ1) is 9.65. The minimum Gasteiger partial charge on any atom is -0.264 e. The highest BCUT2D eigenvalue weighted by molar-refractivity contribution is 7.15. The van der Waals surface area contributed by atoms with Crippen molar-refractivity contribution in [1.29, 1.82) is 0 Å². The average Bonchev–Trinajstić information content (AvgIpc) is 2.82. The summed E-state index contributed by atoms with van der Waals surface area (Å²) in [5, 5.41) is 1.75. The van der Waals surface area contributed by atoms with E-state index in [9.17, 15) is 0 Å². The van der Waals surface area contributed by atoms with Gasteiger partial charge in [0.1, 0.15) is 5.01 Å². The largest absolute Gasteiger partial charge is 0.264 e. The van der Waals surface area contributed by atoms with Crippen molar-refractivity contribution in [2.24, 2.45) is 0 Å². The monoisotopic (exact) mass is 300 g/mol. The molecule has 0 saturated heterocycles. The zero-order chi connectivity index (χ0) is 14.1. The first-order valence-corrected chi connectivity index (χ1v) is 7.49. The van der Waals surface area contributed by atoms with Crippen LogP contribution in [0.3, 0.4) is 0 Å². The van der Waals surface area contributed by atoms with E-state index >= 15 is 0 Å². The van der Waals surface area contributed by atoms with Crippen LogP contribution in [0.5, 0.6) is 0 Å². The lowest BCUT2D eigenvalue weighted by atomic mass is 10.1. The fraction of sp³-hybridized carbons (Fsp3) is 0.125. The Balaban J connectivity index is 2.08. The molecule has 20 heavy (non-hydrogen) atoms. The van der Waals surface area contributed by atoms with E-state index in [0.29, 0.717) is 0 Å². The maximum atomic E-state index is 5.93. The molecule has 0 saturated carbocycles. The predicted octanol–water partition coefficient (Wildman–Crippen LogP) is 5.14. The van der Waals surface area contributed by atoms with Crippen molar-refractivity contribution in [3.8, 4) is 21.8 Å². The van der Waals surface area contributed by atoms with Gasteiger partial charge in [-0.1, -0.05) is 23.7 Å². The van der Waals surface area contributed by atoms with Crippen molar-refractivity contribution in [3.63, 3.8) is 0 Å². The summed E-state index contributed by atoms with van der Waals surface area (Å²) in [6.45, 7) is 4.17. The van der Waals surface area contributed by atoms with Crippen LogP contribution in [0.1, 0.15) is 10.4 Å². The van der Waals surface area contributed by atoms with Crippen LogP contribution in [0.2, 0.25) is 5.02 Å². The second-order valence-corrected chi connectivity index (χ2v) is 6.26. The molecule has 0 aliphatic carbocycles. The summed E-state index contributed by atoms with van der Waals surface area (Å²) < 4.78 is 0. The Morgan fingerprint density at radius 2 is 1.80 bits per heavy atom. The molecule has 0 unspecified atom stereocenters. The number of hydrogen-bond acceptors (Lipinski definition) is 3. The van der Waals surface area contributed by atoms with Crippen LogP contribution in [-0.2, 0) is 0 Å². The zero-order valence-corrected chi connectivity index (χ0v) is 12.8. The third-order valence-electron chi connectivity index (χ3n) is 3.18. The molecule has 0 amide bonds. The highest BCUT2D eigenvalue weighted by Gasteiger charge is 2.12. The third kappa shape index (κ3) is 2.47. The van der Waals surface area contributed by atoms with E-state index in [-0.39, 0.29) is 0 Å². The summed E-state index contributed by atoms with van der Waals surface area (Å²) in [6, 6.07) is 9.80. The molecule has 3 rings (SSSR count). The lowest BCUT2D eigenvalue weighted by molar-refractivity contribution is 1.27. The van der Waals surface area contributed by atoms with Gasteiger partial charge < -0.3 is 0 Å². The van der Waals surface area contributed by atoms with Crippen molar-refractivity contribution < 1.29 is 0 Å². The summed E-state index contributed by atoms with van der Waals surface area (Å²) in [7, 11) is 0. The zero-order valence-electron chi connectivity index (χ0n) is 11.2. The Labute approximate surface area is 127 Å². The highest BCUT2D eigenvalue weighted by atomic mass is 35.5. The second-order valence-electron chi connectivity index (χ2n) is 4.62. The number of pyridine rings is 1. The molecule has 3 aromatic rings. The molecule has 4 heteroatoms. The fourth-order valence-electron chi connectivity index (χ4n) is 2.08. The van der Waals surface area contributed by atoms with Crippen molar-refractivity contribution in [1.82, 2.24) is 9.97 Å². The Morgan fingerprint density at radius 3 is 2.50 bits per heavy atom. The summed E-state index contributed by atoms with van der Waals surface area (Å²) >= 11 is 7.63. The molecule has 0 N–H and O–H groups in total. The molecule has 100 valence electrons. The number of benzene rings is 1. The van der Waals surface area contributed by atoms with E-state index in [0.717, 1.165) is 26.9 Å². The van der Waals surface area contributed by atoms with Gasteiger partial charge in [-0.3, -0.25) is 4.98 Å². The summed E-state index contributed by atoms with van der Waals surface area (Å²) in [6.07, 6.45) is 3.68. The van der Waals surface area contributed by atoms with E-state index in [1.165, 1.54) is 10.4 Å². The van der Waals surface area contributed by atoms with Gasteiger partial charge in [-0.15, -0.1) is 11.3 Å². The molecule has 0 fully saturated rings. The van der Waals surface area contributed by atoms with Crippen molar-refractivity contribution in [2.75, 3.05) is 0 Å². The maximum Gasteiger partial charge on any atom is 0.126 e. The van der Waals surface area contributed by atoms with Crippen LogP contribution in [0.25, 0.3) is 21.8 Å². The van der Waals surface area contributed by atoms with E-state index in [4.69, 9.17) is 16.6 Å². The average molecular weight is 301 g/mol. The van der Waals surface area contributed by atoms with Crippen LogP contribution >= 0.6 is 22.9 Å². The van der Waals surface area contributed by atoms with Gasteiger partial charge in [-0.25, -0.2) is 4.98 Å². The number of nitrogens with zero attached hydrogens (tertiary/aromatic N) is 2. The molecule has 1 aromatic carbocycles. The van der Waals surface area contributed by atoms with Gasteiger partial charge >= 0.3 is 0 Å². The standard InChI is InChI=1S/C16H13ClN2S/c1-10-7-8-18-9-14(10)16-19-15(11(2)20-16)12-3-5-13(17)6-4-12/h3-9H,1-2H3. The van der Waals surface area contributed by atoms with Gasteiger partial charge in [0, 0.05) is 33.4 Å². The van der Waals surface area contributed by atoms with Crippen LogP contribution in [0, 0.1) is 13.8 Å². The molecule has 2 aromatic heterocycles. The highest BCUT2D eigenvalue weighted by Crippen LogP contribution is 2.34. The van der Waals surface area contributed by atoms with Crippen molar-refractivity contribution in [3.05, 3.63) is 58.2 Å². The molecular weight excluding hydrogens is 288 g/mol. The van der Waals surface area contributed by atoms with E-state index in [2.05, 4.69) is 18.8 Å². The van der Waals surface area contributed by atoms with Gasteiger partial charge in [0.15, 0.2) is 0 Å². The molecule has 2 nitrogen and oxygen atoms in total.